The number of aliphatic imine (C=N–C) groups is 1. The summed E-state index contributed by atoms with van der Waals surface area (Å²) in [4.78, 5) is 36.8. The standard InChI is InChI=1S/C17H12Cl3N3O5/c18-17(19,20)16(21-10-11-1-5-13(6-2-11)22(25)26)9-15(24)12-3-7-14(8-4-12)23(27)28/h1-8,10,16H,9H2. The molecule has 0 radical (unpaired) electrons. The summed E-state index contributed by atoms with van der Waals surface area (Å²) >= 11 is 17.8. The molecule has 8 nitrogen and oxygen atoms in total. The topological polar surface area (TPSA) is 116 Å². The van der Waals surface area contributed by atoms with Gasteiger partial charge in [-0.25, -0.2) is 0 Å². The van der Waals surface area contributed by atoms with Gasteiger partial charge in [0.15, 0.2) is 5.78 Å². The second kappa shape index (κ2) is 9.09. The zero-order chi connectivity index (χ0) is 20.9. The van der Waals surface area contributed by atoms with Gasteiger partial charge in [0.25, 0.3) is 11.4 Å². The molecular weight excluding hydrogens is 433 g/mol. The molecule has 0 aromatic heterocycles. The molecular formula is C17H12Cl3N3O5. The first kappa shape index (κ1) is 21.7. The number of carbonyl (C=O) groups is 1. The third-order valence-electron chi connectivity index (χ3n) is 3.66. The summed E-state index contributed by atoms with van der Waals surface area (Å²) < 4.78 is -1.88. The highest BCUT2D eigenvalue weighted by molar-refractivity contribution is 6.68. The first-order chi connectivity index (χ1) is 13.1. The highest BCUT2D eigenvalue weighted by atomic mass is 35.6. The van der Waals surface area contributed by atoms with Crippen molar-refractivity contribution in [1.82, 2.24) is 0 Å². The maximum absolute atomic E-state index is 12.4. The Hall–Kier alpha value is -2.55. The van der Waals surface area contributed by atoms with Crippen LogP contribution >= 0.6 is 34.8 Å². The van der Waals surface area contributed by atoms with Gasteiger partial charge in [-0.1, -0.05) is 34.8 Å². The van der Waals surface area contributed by atoms with Crippen molar-refractivity contribution in [2.45, 2.75) is 16.3 Å². The summed E-state index contributed by atoms with van der Waals surface area (Å²) in [6, 6.07) is 9.54. The molecule has 0 N–H and O–H groups in total. The van der Waals surface area contributed by atoms with E-state index in [1.54, 1.807) is 0 Å². The highest BCUT2D eigenvalue weighted by Crippen LogP contribution is 2.35. The SMILES string of the molecule is O=C(CC(N=Cc1ccc([N+](=O)[O-])cc1)C(Cl)(Cl)Cl)c1ccc([N+](=O)[O-])cc1. The Labute approximate surface area is 174 Å². The minimum absolute atomic E-state index is 0.0802. The second-order valence-electron chi connectivity index (χ2n) is 5.62. The predicted octanol–water partition coefficient (Wildman–Crippen LogP) is 4.93. The van der Waals surface area contributed by atoms with Crippen LogP contribution in [0.15, 0.2) is 53.5 Å². The number of hydrogen-bond donors (Lipinski definition) is 0. The van der Waals surface area contributed by atoms with E-state index in [2.05, 4.69) is 4.99 Å². The molecule has 0 bridgehead atoms. The molecule has 2 rings (SSSR count). The van der Waals surface area contributed by atoms with Gasteiger partial charge in [0.2, 0.25) is 3.79 Å². The van der Waals surface area contributed by atoms with Crippen LogP contribution in [0.2, 0.25) is 0 Å². The van der Waals surface area contributed by atoms with Crippen LogP contribution in [0.1, 0.15) is 22.3 Å². The van der Waals surface area contributed by atoms with E-state index in [4.69, 9.17) is 34.8 Å². The van der Waals surface area contributed by atoms with Crippen molar-refractivity contribution in [3.8, 4) is 0 Å². The first-order valence-electron chi connectivity index (χ1n) is 7.70. The van der Waals surface area contributed by atoms with Gasteiger partial charge >= 0.3 is 0 Å². The van der Waals surface area contributed by atoms with Crippen LogP contribution in [0, 0.1) is 20.2 Å². The van der Waals surface area contributed by atoms with Gasteiger partial charge < -0.3 is 0 Å². The molecule has 1 atom stereocenters. The van der Waals surface area contributed by atoms with Crippen LogP contribution in [0.25, 0.3) is 0 Å². The summed E-state index contributed by atoms with van der Waals surface area (Å²) in [5, 5.41) is 21.4. The number of nitro benzene ring substituents is 2. The molecule has 0 aliphatic carbocycles. The van der Waals surface area contributed by atoms with Gasteiger partial charge in [0.1, 0.15) is 6.04 Å². The molecule has 0 spiro atoms. The van der Waals surface area contributed by atoms with Gasteiger partial charge in [-0.2, -0.15) is 0 Å². The van der Waals surface area contributed by atoms with Gasteiger partial charge in [-0.15, -0.1) is 0 Å². The molecule has 0 aliphatic heterocycles. The largest absolute Gasteiger partial charge is 0.294 e. The number of ketones is 1. The number of nitro groups is 2. The number of halogens is 3. The fourth-order valence-corrected chi connectivity index (χ4v) is 2.57. The number of Topliss-reactive ketones (excluding diaryl/α,β-unsaturated/α-hetero) is 1. The maximum Gasteiger partial charge on any atom is 0.269 e. The van der Waals surface area contributed by atoms with E-state index < -0.39 is 25.5 Å². The average molecular weight is 445 g/mol. The van der Waals surface area contributed by atoms with E-state index >= 15 is 0 Å². The van der Waals surface area contributed by atoms with E-state index in [0.717, 1.165) is 0 Å². The van der Waals surface area contributed by atoms with Crippen LogP contribution in [0.4, 0.5) is 11.4 Å². The third kappa shape index (κ3) is 5.98. The lowest BCUT2D eigenvalue weighted by molar-refractivity contribution is -0.385. The van der Waals surface area contributed by atoms with Gasteiger partial charge in [0.05, 0.1) is 9.85 Å². The second-order valence-corrected chi connectivity index (χ2v) is 7.98. The molecule has 11 heteroatoms. The number of non-ortho nitro benzene ring substituents is 2. The Morgan fingerprint density at radius 3 is 1.86 bits per heavy atom. The number of carbonyl (C=O) groups excluding carboxylic acids is 1. The van der Waals surface area contributed by atoms with Crippen LogP contribution in [-0.2, 0) is 0 Å². The van der Waals surface area contributed by atoms with E-state index in [1.807, 2.05) is 0 Å². The van der Waals surface area contributed by atoms with Crippen LogP contribution in [-0.4, -0.2) is 31.7 Å². The zero-order valence-electron chi connectivity index (χ0n) is 14.0. The minimum Gasteiger partial charge on any atom is -0.294 e. The van der Waals surface area contributed by atoms with Gasteiger partial charge in [-0.05, 0) is 29.8 Å². The summed E-state index contributed by atoms with van der Waals surface area (Å²) in [6.07, 6.45) is 1.09. The van der Waals surface area contributed by atoms with E-state index in [0.29, 0.717) is 5.56 Å². The molecule has 28 heavy (non-hydrogen) atoms. The van der Waals surface area contributed by atoms with Crippen molar-refractivity contribution in [3.63, 3.8) is 0 Å². The molecule has 2 aromatic carbocycles. The van der Waals surface area contributed by atoms with Crippen molar-refractivity contribution in [1.29, 1.82) is 0 Å². The van der Waals surface area contributed by atoms with E-state index in [-0.39, 0.29) is 23.4 Å². The van der Waals surface area contributed by atoms with Crippen molar-refractivity contribution < 1.29 is 14.6 Å². The molecule has 0 saturated carbocycles. The normalized spacial score (nSPS) is 12.7. The molecule has 1 unspecified atom stereocenters. The van der Waals surface area contributed by atoms with Crippen molar-refractivity contribution in [2.75, 3.05) is 0 Å². The number of benzene rings is 2. The summed E-state index contributed by atoms with van der Waals surface area (Å²) in [5.41, 5.74) is 0.511. The van der Waals surface area contributed by atoms with Crippen molar-refractivity contribution in [2.24, 2.45) is 4.99 Å². The Morgan fingerprint density at radius 1 is 0.964 bits per heavy atom. The zero-order valence-corrected chi connectivity index (χ0v) is 16.3. The first-order valence-corrected chi connectivity index (χ1v) is 8.83. The lowest BCUT2D eigenvalue weighted by Gasteiger charge is -2.19. The van der Waals surface area contributed by atoms with E-state index in [1.165, 1.54) is 54.7 Å². The molecule has 0 amide bonds. The molecule has 146 valence electrons. The number of hydrogen-bond acceptors (Lipinski definition) is 6. The molecule has 0 aliphatic rings. The highest BCUT2D eigenvalue weighted by Gasteiger charge is 2.34. The third-order valence-corrected chi connectivity index (χ3v) is 4.42. The minimum atomic E-state index is -1.88. The Balaban J connectivity index is 2.16. The van der Waals surface area contributed by atoms with Crippen LogP contribution < -0.4 is 0 Å². The van der Waals surface area contributed by atoms with Crippen LogP contribution in [0.5, 0.6) is 0 Å². The van der Waals surface area contributed by atoms with Gasteiger partial charge in [0, 0.05) is 42.5 Å². The maximum atomic E-state index is 12.4. The lowest BCUT2D eigenvalue weighted by atomic mass is 10.0. The number of alkyl halides is 3. The number of nitrogens with zero attached hydrogens (tertiary/aromatic N) is 3. The molecule has 0 saturated heterocycles. The Bertz CT molecular complexity index is 909. The number of rotatable bonds is 7. The molecule has 2 aromatic rings. The Kier molecular flexibility index (Phi) is 7.06. The predicted molar refractivity (Wildman–Crippen MR) is 107 cm³/mol. The van der Waals surface area contributed by atoms with E-state index in [9.17, 15) is 25.0 Å². The summed E-state index contributed by atoms with van der Waals surface area (Å²) in [6.45, 7) is 0. The quantitative estimate of drug-likeness (QED) is 0.197. The molecule has 0 heterocycles. The lowest BCUT2D eigenvalue weighted by Crippen LogP contribution is -2.27. The fourth-order valence-electron chi connectivity index (χ4n) is 2.17. The van der Waals surface area contributed by atoms with Crippen molar-refractivity contribution >= 4 is 58.2 Å². The van der Waals surface area contributed by atoms with Gasteiger partial charge in [-0.3, -0.25) is 30.0 Å². The Morgan fingerprint density at radius 2 is 1.43 bits per heavy atom. The summed E-state index contributed by atoms with van der Waals surface area (Å²) in [5.74, 6) is -0.410. The fraction of sp³-hybridized carbons (Fsp3) is 0.176. The van der Waals surface area contributed by atoms with Crippen molar-refractivity contribution in [3.05, 3.63) is 79.9 Å². The monoisotopic (exact) mass is 443 g/mol. The molecule has 0 fully saturated rings. The average Bonchev–Trinajstić information content (AvgIpc) is 2.64. The summed E-state index contributed by atoms with van der Waals surface area (Å²) in [7, 11) is 0. The smallest absolute Gasteiger partial charge is 0.269 e. The van der Waals surface area contributed by atoms with Crippen LogP contribution in [0.3, 0.4) is 0 Å².